The molecule has 1 aromatic carbocycles. The van der Waals surface area contributed by atoms with Gasteiger partial charge in [-0.2, -0.15) is 0 Å². The van der Waals surface area contributed by atoms with Gasteiger partial charge in [-0.1, -0.05) is 39.0 Å². The molecule has 2 amide bonds. The fraction of sp³-hybridized carbons (Fsp3) is 0.526. The van der Waals surface area contributed by atoms with E-state index in [1.807, 2.05) is 18.2 Å². The lowest BCUT2D eigenvalue weighted by molar-refractivity contribution is -0.145. The maximum absolute atomic E-state index is 12.4. The minimum Gasteiger partial charge on any atom is -0.334 e. The van der Waals surface area contributed by atoms with Crippen LogP contribution in [0.3, 0.4) is 0 Å². The molecular weight excluding hydrogens is 304 g/mol. The van der Waals surface area contributed by atoms with Crippen molar-refractivity contribution < 1.29 is 14.4 Å². The lowest BCUT2D eigenvalue weighted by Crippen LogP contribution is -2.46. The third-order valence-corrected chi connectivity index (χ3v) is 4.46. The normalized spacial score (nSPS) is 18.2. The van der Waals surface area contributed by atoms with Crippen LogP contribution in [-0.4, -0.2) is 35.6 Å². The fourth-order valence-electron chi connectivity index (χ4n) is 3.06. The second-order valence-electron chi connectivity index (χ2n) is 7.45. The van der Waals surface area contributed by atoms with Crippen molar-refractivity contribution in [2.45, 2.75) is 46.0 Å². The summed E-state index contributed by atoms with van der Waals surface area (Å²) in [5.41, 5.74) is 1.49. The molecule has 0 saturated carbocycles. The topological polar surface area (TPSA) is 66.5 Å². The molecule has 5 nitrogen and oxygen atoms in total. The number of ketones is 1. The third-order valence-electron chi connectivity index (χ3n) is 4.46. The molecule has 1 heterocycles. The Morgan fingerprint density at radius 1 is 1.17 bits per heavy atom. The van der Waals surface area contributed by atoms with Crippen LogP contribution in [-0.2, 0) is 19.8 Å². The zero-order chi connectivity index (χ0) is 17.9. The summed E-state index contributed by atoms with van der Waals surface area (Å²) < 4.78 is 0. The number of carbonyl (C=O) groups excluding carboxylic acids is 3. The molecule has 1 fully saturated rings. The van der Waals surface area contributed by atoms with Crippen LogP contribution in [0.15, 0.2) is 24.3 Å². The van der Waals surface area contributed by atoms with E-state index in [1.165, 1.54) is 11.8 Å². The van der Waals surface area contributed by atoms with Gasteiger partial charge in [0.15, 0.2) is 0 Å². The number of amides is 2. The van der Waals surface area contributed by atoms with Crippen LogP contribution in [0.25, 0.3) is 0 Å². The van der Waals surface area contributed by atoms with Crippen LogP contribution in [0.1, 0.15) is 46.1 Å². The molecule has 130 valence electrons. The van der Waals surface area contributed by atoms with E-state index in [2.05, 4.69) is 26.1 Å². The van der Waals surface area contributed by atoms with Gasteiger partial charge in [-0.25, -0.2) is 0 Å². The molecule has 0 aliphatic carbocycles. The second kappa shape index (κ2) is 7.16. The Kier molecular flexibility index (Phi) is 5.42. The number of piperidine rings is 1. The number of anilines is 1. The van der Waals surface area contributed by atoms with Crippen molar-refractivity contribution in [2.75, 3.05) is 18.4 Å². The van der Waals surface area contributed by atoms with Crippen LogP contribution in [0.5, 0.6) is 0 Å². The van der Waals surface area contributed by atoms with Crippen molar-refractivity contribution in [3.8, 4) is 0 Å². The summed E-state index contributed by atoms with van der Waals surface area (Å²) in [6.45, 7) is 8.57. The summed E-state index contributed by atoms with van der Waals surface area (Å²) >= 11 is 0. The van der Waals surface area contributed by atoms with Gasteiger partial charge in [-0.15, -0.1) is 0 Å². The number of likely N-dealkylation sites (tertiary alicyclic amines) is 1. The number of nitrogens with one attached hydrogen (secondary N) is 1. The number of hydrogen-bond acceptors (Lipinski definition) is 3. The maximum Gasteiger partial charge on any atom is 0.313 e. The number of carbonyl (C=O) groups is 3. The van der Waals surface area contributed by atoms with Crippen molar-refractivity contribution >= 4 is 23.3 Å². The molecule has 2 rings (SSSR count). The second-order valence-corrected chi connectivity index (χ2v) is 7.45. The minimum atomic E-state index is -0.643. The Labute approximate surface area is 143 Å². The molecule has 1 N–H and O–H groups in total. The number of para-hydroxylation sites is 1. The molecule has 1 aliphatic rings. The van der Waals surface area contributed by atoms with E-state index >= 15 is 0 Å². The van der Waals surface area contributed by atoms with E-state index in [-0.39, 0.29) is 17.1 Å². The number of benzene rings is 1. The highest BCUT2D eigenvalue weighted by Crippen LogP contribution is 2.29. The average molecular weight is 330 g/mol. The molecule has 1 atom stereocenters. The highest BCUT2D eigenvalue weighted by Gasteiger charge is 2.30. The predicted molar refractivity (Wildman–Crippen MR) is 93.8 cm³/mol. The monoisotopic (exact) mass is 330 g/mol. The lowest BCUT2D eigenvalue weighted by Gasteiger charge is -2.31. The lowest BCUT2D eigenvalue weighted by atomic mass is 9.86. The molecule has 24 heavy (non-hydrogen) atoms. The molecule has 0 radical (unpaired) electrons. The van der Waals surface area contributed by atoms with Gasteiger partial charge in [0.25, 0.3) is 0 Å². The van der Waals surface area contributed by atoms with Crippen LogP contribution in [0.2, 0.25) is 0 Å². The van der Waals surface area contributed by atoms with E-state index in [9.17, 15) is 14.4 Å². The number of nitrogens with zero attached hydrogens (tertiary/aromatic N) is 1. The SMILES string of the molecule is CC(=O)[C@H]1CCCN(C(=O)C(=O)Nc2ccccc2C(C)(C)C)C1. The summed E-state index contributed by atoms with van der Waals surface area (Å²) in [5.74, 6) is -1.29. The summed E-state index contributed by atoms with van der Waals surface area (Å²) in [7, 11) is 0. The van der Waals surface area contributed by atoms with E-state index in [0.717, 1.165) is 18.4 Å². The Morgan fingerprint density at radius 2 is 1.83 bits per heavy atom. The van der Waals surface area contributed by atoms with Crippen LogP contribution < -0.4 is 5.32 Å². The summed E-state index contributed by atoms with van der Waals surface area (Å²) in [6.07, 6.45) is 1.54. The van der Waals surface area contributed by atoms with Gasteiger partial charge in [0, 0.05) is 24.7 Å². The number of rotatable bonds is 2. The van der Waals surface area contributed by atoms with Crippen molar-refractivity contribution in [3.63, 3.8) is 0 Å². The number of hydrogen-bond donors (Lipinski definition) is 1. The summed E-state index contributed by atoms with van der Waals surface area (Å²) in [5, 5.41) is 2.74. The third kappa shape index (κ3) is 4.22. The van der Waals surface area contributed by atoms with Gasteiger partial charge in [0.1, 0.15) is 5.78 Å². The molecule has 1 saturated heterocycles. The number of Topliss-reactive ketones (excluding diaryl/α,β-unsaturated/α-hetero) is 1. The standard InChI is InChI=1S/C19H26N2O3/c1-13(22)14-8-7-11-21(12-14)18(24)17(23)20-16-10-6-5-9-15(16)19(2,3)4/h5-6,9-10,14H,7-8,11-12H2,1-4H3,(H,20,23)/t14-/m0/s1. The van der Waals surface area contributed by atoms with Crippen molar-refractivity contribution in [3.05, 3.63) is 29.8 Å². The Bertz CT molecular complexity index is 646. The summed E-state index contributed by atoms with van der Waals surface area (Å²) in [6, 6.07) is 7.51. The van der Waals surface area contributed by atoms with Gasteiger partial charge >= 0.3 is 11.8 Å². The molecule has 1 aliphatic heterocycles. The van der Waals surface area contributed by atoms with E-state index in [4.69, 9.17) is 0 Å². The first-order valence-electron chi connectivity index (χ1n) is 8.40. The molecule has 0 bridgehead atoms. The molecule has 0 spiro atoms. The van der Waals surface area contributed by atoms with Crippen molar-refractivity contribution in [2.24, 2.45) is 5.92 Å². The fourth-order valence-corrected chi connectivity index (χ4v) is 3.06. The first kappa shape index (κ1) is 18.2. The molecule has 5 heteroatoms. The van der Waals surface area contributed by atoms with Crippen LogP contribution in [0.4, 0.5) is 5.69 Å². The first-order valence-corrected chi connectivity index (χ1v) is 8.40. The highest BCUT2D eigenvalue weighted by molar-refractivity contribution is 6.39. The van der Waals surface area contributed by atoms with E-state index < -0.39 is 11.8 Å². The zero-order valence-corrected chi connectivity index (χ0v) is 14.9. The molecule has 0 unspecified atom stereocenters. The Hall–Kier alpha value is -2.17. The van der Waals surface area contributed by atoms with Crippen molar-refractivity contribution in [1.82, 2.24) is 4.90 Å². The molecular formula is C19H26N2O3. The van der Waals surface area contributed by atoms with E-state index in [0.29, 0.717) is 18.8 Å². The average Bonchev–Trinajstić information content (AvgIpc) is 2.53. The minimum absolute atomic E-state index is 0.0750. The largest absolute Gasteiger partial charge is 0.334 e. The quantitative estimate of drug-likeness (QED) is 0.848. The van der Waals surface area contributed by atoms with Gasteiger partial charge in [0.05, 0.1) is 0 Å². The Balaban J connectivity index is 2.10. The van der Waals surface area contributed by atoms with Crippen molar-refractivity contribution in [1.29, 1.82) is 0 Å². The van der Waals surface area contributed by atoms with Crippen LogP contribution >= 0.6 is 0 Å². The molecule has 1 aromatic rings. The van der Waals surface area contributed by atoms with Gasteiger partial charge in [0.2, 0.25) is 0 Å². The van der Waals surface area contributed by atoms with Gasteiger partial charge < -0.3 is 10.2 Å². The Morgan fingerprint density at radius 3 is 2.46 bits per heavy atom. The van der Waals surface area contributed by atoms with Gasteiger partial charge in [-0.3, -0.25) is 14.4 Å². The maximum atomic E-state index is 12.4. The summed E-state index contributed by atoms with van der Waals surface area (Å²) in [4.78, 5) is 37.8. The van der Waals surface area contributed by atoms with E-state index in [1.54, 1.807) is 6.07 Å². The van der Waals surface area contributed by atoms with Crippen LogP contribution in [0, 0.1) is 5.92 Å². The highest BCUT2D eigenvalue weighted by atomic mass is 16.2. The smallest absolute Gasteiger partial charge is 0.313 e. The van der Waals surface area contributed by atoms with Gasteiger partial charge in [-0.05, 0) is 36.8 Å². The predicted octanol–water partition coefficient (Wildman–Crippen LogP) is 2.75. The first-order chi connectivity index (χ1) is 11.2. The molecule has 0 aromatic heterocycles. The zero-order valence-electron chi connectivity index (χ0n) is 14.9.